The summed E-state index contributed by atoms with van der Waals surface area (Å²) in [6.07, 6.45) is -2.14. The van der Waals surface area contributed by atoms with E-state index in [0.29, 0.717) is 17.0 Å². The Morgan fingerprint density at radius 2 is 2.06 bits per heavy atom. The van der Waals surface area contributed by atoms with Crippen LogP contribution in [0.1, 0.15) is 11.8 Å². The summed E-state index contributed by atoms with van der Waals surface area (Å²) in [5.41, 5.74) is 0.874. The number of imidazole rings is 1. The number of fused-ring (bicyclic) bond motifs is 1. The van der Waals surface area contributed by atoms with E-state index in [2.05, 4.69) is 25.0 Å². The standard InChI is InChI=1S/C19H21N7O6S/c1-21-17-14-18(23-8-22-17)26(9-24-14)19-16(28)15(27)13(32-19)7-25-33(29,30)11-3-4-12(31-2)10(5-11)6-20/h3-5,8-9,13,15-16,19,25,27-28H,7H2,1-2H3,(H,21,22,23)/t13-,15-,16-,19-/m1/s1. The summed E-state index contributed by atoms with van der Waals surface area (Å²) in [5.74, 6) is 0.724. The minimum Gasteiger partial charge on any atom is -0.495 e. The molecule has 0 amide bonds. The van der Waals surface area contributed by atoms with E-state index in [1.54, 1.807) is 7.05 Å². The van der Waals surface area contributed by atoms with Crippen molar-refractivity contribution in [2.24, 2.45) is 0 Å². The fraction of sp³-hybridized carbons (Fsp3) is 0.368. The average molecular weight is 475 g/mol. The van der Waals surface area contributed by atoms with Crippen LogP contribution >= 0.6 is 0 Å². The normalized spacial score (nSPS) is 22.9. The Kier molecular flexibility index (Phi) is 6.15. The Balaban J connectivity index is 1.52. The van der Waals surface area contributed by atoms with Gasteiger partial charge in [-0.05, 0) is 18.2 Å². The second-order valence-corrected chi connectivity index (χ2v) is 8.94. The highest BCUT2D eigenvalue weighted by molar-refractivity contribution is 7.89. The minimum atomic E-state index is -4.04. The molecule has 4 N–H and O–H groups in total. The van der Waals surface area contributed by atoms with Crippen molar-refractivity contribution in [1.29, 1.82) is 5.26 Å². The molecular formula is C19H21N7O6S. The first-order valence-electron chi connectivity index (χ1n) is 9.75. The van der Waals surface area contributed by atoms with Crippen LogP contribution in [0.5, 0.6) is 5.75 Å². The maximum atomic E-state index is 12.7. The SMILES string of the molecule is CNc1ncnc2c1ncn2[C@@H]1O[C@H](CNS(=O)(=O)c2ccc(OC)c(C#N)c2)[C@@H](O)[C@H]1O. The Morgan fingerprint density at radius 1 is 1.27 bits per heavy atom. The van der Waals surface area contributed by atoms with Gasteiger partial charge >= 0.3 is 0 Å². The molecule has 4 atom stereocenters. The smallest absolute Gasteiger partial charge is 0.240 e. The lowest BCUT2D eigenvalue weighted by Gasteiger charge is -2.16. The summed E-state index contributed by atoms with van der Waals surface area (Å²) in [7, 11) is -0.989. The molecule has 174 valence electrons. The molecule has 0 radical (unpaired) electrons. The number of methoxy groups -OCH3 is 1. The number of ether oxygens (including phenoxy) is 2. The highest BCUT2D eigenvalue weighted by Gasteiger charge is 2.44. The van der Waals surface area contributed by atoms with Crippen LogP contribution in [-0.4, -0.2) is 77.2 Å². The lowest BCUT2D eigenvalue weighted by Crippen LogP contribution is -2.39. The average Bonchev–Trinajstić information content (AvgIpc) is 3.38. The molecule has 13 nitrogen and oxygen atoms in total. The van der Waals surface area contributed by atoms with Crippen LogP contribution < -0.4 is 14.8 Å². The second kappa shape index (κ2) is 8.89. The topological polar surface area (TPSA) is 185 Å². The maximum Gasteiger partial charge on any atom is 0.240 e. The van der Waals surface area contributed by atoms with Crippen LogP contribution in [0.4, 0.5) is 5.82 Å². The van der Waals surface area contributed by atoms with Crippen molar-refractivity contribution in [2.75, 3.05) is 26.0 Å². The summed E-state index contributed by atoms with van der Waals surface area (Å²) >= 11 is 0. The van der Waals surface area contributed by atoms with E-state index >= 15 is 0 Å². The zero-order valence-electron chi connectivity index (χ0n) is 17.6. The number of rotatable bonds is 7. The fourth-order valence-corrected chi connectivity index (χ4v) is 4.64. The predicted octanol–water partition coefficient (Wildman–Crippen LogP) is -0.654. The maximum absolute atomic E-state index is 12.7. The number of nitriles is 1. The molecule has 4 rings (SSSR count). The first-order chi connectivity index (χ1) is 15.8. The molecular weight excluding hydrogens is 454 g/mol. The van der Waals surface area contributed by atoms with Gasteiger partial charge in [0.25, 0.3) is 0 Å². The van der Waals surface area contributed by atoms with E-state index in [1.165, 1.54) is 42.5 Å². The van der Waals surface area contributed by atoms with Gasteiger partial charge in [0, 0.05) is 13.6 Å². The van der Waals surface area contributed by atoms with Crippen LogP contribution in [0, 0.1) is 11.3 Å². The van der Waals surface area contributed by atoms with Crippen LogP contribution in [0.3, 0.4) is 0 Å². The van der Waals surface area contributed by atoms with Gasteiger partial charge in [-0.2, -0.15) is 5.26 Å². The van der Waals surface area contributed by atoms with E-state index in [-0.39, 0.29) is 22.8 Å². The quantitative estimate of drug-likeness (QED) is 0.340. The molecule has 3 heterocycles. The third kappa shape index (κ3) is 4.08. The van der Waals surface area contributed by atoms with Gasteiger partial charge in [-0.15, -0.1) is 0 Å². The Labute approximate surface area is 188 Å². The number of nitrogens with zero attached hydrogens (tertiary/aromatic N) is 5. The molecule has 0 aliphatic carbocycles. The lowest BCUT2D eigenvalue weighted by atomic mass is 10.1. The van der Waals surface area contributed by atoms with E-state index in [0.717, 1.165) is 0 Å². The van der Waals surface area contributed by atoms with E-state index in [9.17, 15) is 23.9 Å². The zero-order valence-corrected chi connectivity index (χ0v) is 18.4. The van der Waals surface area contributed by atoms with Crippen LogP contribution in [0.25, 0.3) is 11.2 Å². The molecule has 1 saturated heterocycles. The fourth-order valence-electron chi connectivity index (χ4n) is 3.57. The van der Waals surface area contributed by atoms with E-state index in [1.807, 2.05) is 6.07 Å². The second-order valence-electron chi connectivity index (χ2n) is 7.17. The summed E-state index contributed by atoms with van der Waals surface area (Å²) < 4.78 is 40.0. The van der Waals surface area contributed by atoms with Gasteiger partial charge in [-0.3, -0.25) is 4.57 Å². The molecule has 14 heteroatoms. The summed E-state index contributed by atoms with van der Waals surface area (Å²) in [5, 5.41) is 33.1. The first-order valence-corrected chi connectivity index (χ1v) is 11.2. The number of aromatic nitrogens is 4. The first kappa shape index (κ1) is 22.8. The van der Waals surface area contributed by atoms with Crippen molar-refractivity contribution in [3.8, 4) is 11.8 Å². The molecule has 1 aromatic carbocycles. The molecule has 1 aliphatic heterocycles. The predicted molar refractivity (Wildman–Crippen MR) is 114 cm³/mol. The molecule has 0 unspecified atom stereocenters. The van der Waals surface area contributed by atoms with Crippen LogP contribution in [-0.2, 0) is 14.8 Å². The van der Waals surface area contributed by atoms with Crippen molar-refractivity contribution in [3.63, 3.8) is 0 Å². The largest absolute Gasteiger partial charge is 0.495 e. The van der Waals surface area contributed by atoms with Crippen molar-refractivity contribution in [3.05, 3.63) is 36.4 Å². The molecule has 2 aromatic heterocycles. The minimum absolute atomic E-state index is 0.0583. The molecule has 0 saturated carbocycles. The number of hydrogen-bond donors (Lipinski definition) is 4. The van der Waals surface area contributed by atoms with Crippen LogP contribution in [0.2, 0.25) is 0 Å². The van der Waals surface area contributed by atoms with Crippen molar-refractivity contribution < 1.29 is 28.1 Å². The number of nitrogens with one attached hydrogen (secondary N) is 2. The number of aliphatic hydroxyl groups is 2. The van der Waals surface area contributed by atoms with Gasteiger partial charge in [-0.1, -0.05) is 0 Å². The Hall–Kier alpha value is -3.35. The van der Waals surface area contributed by atoms with Gasteiger partial charge in [0.2, 0.25) is 10.0 Å². The van der Waals surface area contributed by atoms with E-state index < -0.39 is 34.6 Å². The molecule has 1 aliphatic rings. The molecule has 33 heavy (non-hydrogen) atoms. The monoisotopic (exact) mass is 475 g/mol. The van der Waals surface area contributed by atoms with E-state index in [4.69, 9.17) is 9.47 Å². The van der Waals surface area contributed by atoms with Gasteiger partial charge in [0.1, 0.15) is 42.0 Å². The third-order valence-electron chi connectivity index (χ3n) is 5.28. The highest BCUT2D eigenvalue weighted by Crippen LogP contribution is 2.32. The van der Waals surface area contributed by atoms with Gasteiger partial charge in [-0.25, -0.2) is 28.1 Å². The molecule has 1 fully saturated rings. The van der Waals surface area contributed by atoms with Gasteiger partial charge in [0.15, 0.2) is 17.7 Å². The highest BCUT2D eigenvalue weighted by atomic mass is 32.2. The van der Waals surface area contributed by atoms with Crippen LogP contribution in [0.15, 0.2) is 35.7 Å². The van der Waals surface area contributed by atoms with Gasteiger partial charge in [0.05, 0.1) is 23.9 Å². The number of hydrogen-bond acceptors (Lipinski definition) is 11. The molecule has 0 bridgehead atoms. The number of sulfonamides is 1. The van der Waals surface area contributed by atoms with Crippen molar-refractivity contribution in [1.82, 2.24) is 24.2 Å². The van der Waals surface area contributed by atoms with Gasteiger partial charge < -0.3 is 25.0 Å². The number of benzene rings is 1. The summed E-state index contributed by atoms with van der Waals surface area (Å²) in [4.78, 5) is 12.3. The number of aliphatic hydroxyl groups excluding tert-OH is 2. The van der Waals surface area contributed by atoms with Crippen molar-refractivity contribution in [2.45, 2.75) is 29.4 Å². The Morgan fingerprint density at radius 3 is 2.76 bits per heavy atom. The number of anilines is 1. The molecule has 0 spiro atoms. The summed E-state index contributed by atoms with van der Waals surface area (Å²) in [6.45, 7) is -0.325. The summed E-state index contributed by atoms with van der Waals surface area (Å²) in [6, 6.07) is 5.72. The third-order valence-corrected chi connectivity index (χ3v) is 6.70. The van der Waals surface area contributed by atoms with Crippen molar-refractivity contribution >= 4 is 27.0 Å². The lowest BCUT2D eigenvalue weighted by molar-refractivity contribution is -0.0330. The zero-order chi connectivity index (χ0) is 23.8. The molecule has 3 aromatic rings. The Bertz CT molecular complexity index is 1320.